The van der Waals surface area contributed by atoms with Crippen LogP contribution in [-0.2, 0) is 6.54 Å². The predicted molar refractivity (Wildman–Crippen MR) is 101 cm³/mol. The van der Waals surface area contributed by atoms with Crippen LogP contribution in [0.25, 0.3) is 0 Å². The highest BCUT2D eigenvalue weighted by Crippen LogP contribution is 2.29. The highest BCUT2D eigenvalue weighted by molar-refractivity contribution is 5.87. The minimum Gasteiger partial charge on any atom is -0.356 e. The predicted octanol–water partition coefficient (Wildman–Crippen LogP) is 4.92. The van der Waals surface area contributed by atoms with Gasteiger partial charge in [-0.1, -0.05) is 42.5 Å². The number of hydrogen-bond acceptors (Lipinski definition) is 2. The minimum absolute atomic E-state index is 0. The van der Waals surface area contributed by atoms with E-state index in [1.807, 2.05) is 32.0 Å². The SMILES string of the molecule is Cc1ccc(C)c(N=C2CCCN2Cc2ccccc2)c1C#N.Cl. The summed E-state index contributed by atoms with van der Waals surface area (Å²) >= 11 is 0. The number of hydrogen-bond donors (Lipinski definition) is 0. The number of aryl methyl sites for hydroxylation is 2. The zero-order valence-corrected chi connectivity index (χ0v) is 14.9. The van der Waals surface area contributed by atoms with E-state index in [2.05, 4.69) is 35.2 Å². The summed E-state index contributed by atoms with van der Waals surface area (Å²) in [6.45, 7) is 5.90. The van der Waals surface area contributed by atoms with Gasteiger partial charge in [-0.3, -0.25) is 0 Å². The summed E-state index contributed by atoms with van der Waals surface area (Å²) in [5.74, 6) is 1.10. The van der Waals surface area contributed by atoms with Crippen molar-refractivity contribution in [2.75, 3.05) is 6.54 Å². The Kier molecular flexibility index (Phi) is 6.00. The molecule has 1 aliphatic heterocycles. The van der Waals surface area contributed by atoms with Gasteiger partial charge >= 0.3 is 0 Å². The molecule has 0 bridgehead atoms. The molecule has 0 atom stereocenters. The molecule has 4 heteroatoms. The molecule has 1 saturated heterocycles. The third-order valence-corrected chi connectivity index (χ3v) is 4.35. The van der Waals surface area contributed by atoms with E-state index in [4.69, 9.17) is 4.99 Å². The van der Waals surface area contributed by atoms with E-state index in [0.29, 0.717) is 5.56 Å². The van der Waals surface area contributed by atoms with Crippen molar-refractivity contribution in [3.8, 4) is 6.07 Å². The highest BCUT2D eigenvalue weighted by Gasteiger charge is 2.20. The van der Waals surface area contributed by atoms with Crippen LogP contribution in [0.15, 0.2) is 47.5 Å². The lowest BCUT2D eigenvalue weighted by atomic mass is 10.0. The molecule has 3 rings (SSSR count). The monoisotopic (exact) mass is 339 g/mol. The lowest BCUT2D eigenvalue weighted by Gasteiger charge is -2.19. The van der Waals surface area contributed by atoms with Crippen LogP contribution >= 0.6 is 12.4 Å². The van der Waals surface area contributed by atoms with E-state index >= 15 is 0 Å². The molecule has 1 aliphatic rings. The second-order valence-electron chi connectivity index (χ2n) is 6.07. The van der Waals surface area contributed by atoms with Crippen molar-refractivity contribution < 1.29 is 0 Å². The molecule has 124 valence electrons. The fraction of sp³-hybridized carbons (Fsp3) is 0.300. The number of halogens is 1. The number of aliphatic imine (C=N–C) groups is 1. The van der Waals surface area contributed by atoms with Gasteiger partial charge in [0.1, 0.15) is 11.9 Å². The van der Waals surface area contributed by atoms with Crippen LogP contribution in [0.3, 0.4) is 0 Å². The third-order valence-electron chi connectivity index (χ3n) is 4.35. The molecule has 0 aliphatic carbocycles. The second kappa shape index (κ2) is 7.99. The summed E-state index contributed by atoms with van der Waals surface area (Å²) in [6, 6.07) is 16.8. The minimum atomic E-state index is 0. The van der Waals surface area contributed by atoms with Crippen molar-refractivity contribution in [3.63, 3.8) is 0 Å². The number of benzene rings is 2. The van der Waals surface area contributed by atoms with Gasteiger partial charge in [0.15, 0.2) is 0 Å². The number of nitriles is 1. The van der Waals surface area contributed by atoms with E-state index in [1.54, 1.807) is 0 Å². The fourth-order valence-corrected chi connectivity index (χ4v) is 3.03. The molecular formula is C20H22ClN3. The van der Waals surface area contributed by atoms with Gasteiger partial charge in [0.05, 0.1) is 11.3 Å². The first-order chi connectivity index (χ1) is 11.2. The Morgan fingerprint density at radius 2 is 1.79 bits per heavy atom. The van der Waals surface area contributed by atoms with Gasteiger partial charge in [0.25, 0.3) is 0 Å². The first kappa shape index (κ1) is 18.0. The average Bonchev–Trinajstić information content (AvgIpc) is 2.99. The lowest BCUT2D eigenvalue weighted by molar-refractivity contribution is 0.448. The second-order valence-corrected chi connectivity index (χ2v) is 6.07. The number of amidine groups is 1. The number of rotatable bonds is 3. The van der Waals surface area contributed by atoms with Crippen LogP contribution in [0.1, 0.15) is 35.1 Å². The average molecular weight is 340 g/mol. The Morgan fingerprint density at radius 1 is 1.08 bits per heavy atom. The molecule has 2 aromatic carbocycles. The van der Waals surface area contributed by atoms with Crippen molar-refractivity contribution in [3.05, 3.63) is 64.7 Å². The van der Waals surface area contributed by atoms with E-state index in [0.717, 1.165) is 48.6 Å². The summed E-state index contributed by atoms with van der Waals surface area (Å²) in [4.78, 5) is 7.22. The third kappa shape index (κ3) is 3.77. The van der Waals surface area contributed by atoms with E-state index < -0.39 is 0 Å². The van der Waals surface area contributed by atoms with Crippen LogP contribution in [0.4, 0.5) is 5.69 Å². The summed E-state index contributed by atoms with van der Waals surface area (Å²) in [6.07, 6.45) is 2.10. The van der Waals surface area contributed by atoms with E-state index in [1.165, 1.54) is 5.56 Å². The smallest absolute Gasteiger partial charge is 0.105 e. The molecule has 3 nitrogen and oxygen atoms in total. The quantitative estimate of drug-likeness (QED) is 0.795. The fourth-order valence-electron chi connectivity index (χ4n) is 3.03. The van der Waals surface area contributed by atoms with E-state index in [-0.39, 0.29) is 12.4 Å². The molecule has 2 aromatic rings. The van der Waals surface area contributed by atoms with Crippen molar-refractivity contribution in [2.45, 2.75) is 33.2 Å². The molecule has 24 heavy (non-hydrogen) atoms. The molecule has 0 spiro atoms. The molecule has 0 saturated carbocycles. The van der Waals surface area contributed by atoms with Crippen molar-refractivity contribution >= 4 is 23.9 Å². The number of likely N-dealkylation sites (tertiary alicyclic amines) is 1. The Balaban J connectivity index is 0.00000208. The van der Waals surface area contributed by atoms with Crippen LogP contribution in [-0.4, -0.2) is 17.3 Å². The molecule has 0 N–H and O–H groups in total. The summed E-state index contributed by atoms with van der Waals surface area (Å²) in [7, 11) is 0. The first-order valence-electron chi connectivity index (χ1n) is 8.06. The zero-order chi connectivity index (χ0) is 16.2. The van der Waals surface area contributed by atoms with Crippen LogP contribution < -0.4 is 0 Å². The van der Waals surface area contributed by atoms with Gasteiger partial charge in [0.2, 0.25) is 0 Å². The Hall–Kier alpha value is -2.31. The first-order valence-corrected chi connectivity index (χ1v) is 8.06. The van der Waals surface area contributed by atoms with Crippen LogP contribution in [0, 0.1) is 25.2 Å². The van der Waals surface area contributed by atoms with Gasteiger partial charge in [-0.25, -0.2) is 4.99 Å². The standard InChI is InChI=1S/C20H21N3.ClH/c1-15-10-11-16(2)20(18(15)13-21)22-19-9-6-12-23(19)14-17-7-4-3-5-8-17;/h3-5,7-8,10-11H,6,9,12,14H2,1-2H3;1H. The van der Waals surface area contributed by atoms with Gasteiger partial charge in [-0.15, -0.1) is 12.4 Å². The Bertz CT molecular complexity index is 775. The maximum Gasteiger partial charge on any atom is 0.105 e. The Morgan fingerprint density at radius 3 is 2.50 bits per heavy atom. The normalized spacial score (nSPS) is 15.2. The summed E-state index contributed by atoms with van der Waals surface area (Å²) in [5, 5.41) is 9.47. The van der Waals surface area contributed by atoms with Gasteiger partial charge < -0.3 is 4.90 Å². The molecule has 0 aromatic heterocycles. The van der Waals surface area contributed by atoms with Crippen molar-refractivity contribution in [1.82, 2.24) is 4.90 Å². The zero-order valence-electron chi connectivity index (χ0n) is 14.1. The molecule has 0 radical (unpaired) electrons. The number of nitrogens with zero attached hydrogens (tertiary/aromatic N) is 3. The largest absolute Gasteiger partial charge is 0.356 e. The summed E-state index contributed by atoms with van der Waals surface area (Å²) in [5.41, 5.74) is 4.88. The molecular weight excluding hydrogens is 318 g/mol. The molecule has 1 heterocycles. The molecule has 0 unspecified atom stereocenters. The van der Waals surface area contributed by atoms with Gasteiger partial charge in [-0.05, 0) is 37.0 Å². The van der Waals surface area contributed by atoms with Gasteiger partial charge in [-0.2, -0.15) is 5.26 Å². The van der Waals surface area contributed by atoms with Crippen LogP contribution in [0.5, 0.6) is 0 Å². The lowest BCUT2D eigenvalue weighted by Crippen LogP contribution is -2.24. The molecule has 1 fully saturated rings. The van der Waals surface area contributed by atoms with Crippen molar-refractivity contribution in [2.24, 2.45) is 4.99 Å². The molecule has 0 amide bonds. The Labute approximate surface area is 150 Å². The van der Waals surface area contributed by atoms with Crippen molar-refractivity contribution in [1.29, 1.82) is 5.26 Å². The van der Waals surface area contributed by atoms with Gasteiger partial charge in [0, 0.05) is 19.5 Å². The van der Waals surface area contributed by atoms with Crippen LogP contribution in [0.2, 0.25) is 0 Å². The highest BCUT2D eigenvalue weighted by atomic mass is 35.5. The summed E-state index contributed by atoms with van der Waals surface area (Å²) < 4.78 is 0. The maximum atomic E-state index is 9.47. The topological polar surface area (TPSA) is 39.4 Å². The maximum absolute atomic E-state index is 9.47. The van der Waals surface area contributed by atoms with E-state index in [9.17, 15) is 5.26 Å².